The quantitative estimate of drug-likeness (QED) is 0.730. The fourth-order valence-corrected chi connectivity index (χ4v) is 4.63. The Labute approximate surface area is 149 Å². The summed E-state index contributed by atoms with van der Waals surface area (Å²) in [5.41, 5.74) is 1.11. The zero-order valence-electron chi connectivity index (χ0n) is 15.1. The summed E-state index contributed by atoms with van der Waals surface area (Å²) in [6.45, 7) is 5.29. The summed E-state index contributed by atoms with van der Waals surface area (Å²) in [6.07, 6.45) is 8.73. The molecule has 1 heterocycles. The first-order chi connectivity index (χ1) is 12.2. The maximum Gasteiger partial charge on any atom is 0.231 e. The molecule has 1 aromatic carbocycles. The zero-order valence-corrected chi connectivity index (χ0v) is 15.1. The highest BCUT2D eigenvalue weighted by Gasteiger charge is 2.42. The van der Waals surface area contributed by atoms with E-state index in [-0.39, 0.29) is 12.7 Å². The molecular formula is C21H27NO3. The number of carbonyl (C=O) groups is 1. The van der Waals surface area contributed by atoms with Gasteiger partial charge in [0.15, 0.2) is 11.5 Å². The van der Waals surface area contributed by atoms with E-state index in [1.807, 2.05) is 12.1 Å². The predicted octanol–water partition coefficient (Wildman–Crippen LogP) is 4.14. The summed E-state index contributed by atoms with van der Waals surface area (Å²) in [6, 6.07) is 6.32. The molecule has 0 spiro atoms. The molecule has 0 aromatic heterocycles. The Balaban J connectivity index is 1.55. The van der Waals surface area contributed by atoms with Crippen molar-refractivity contribution in [3.8, 4) is 11.5 Å². The van der Waals surface area contributed by atoms with Gasteiger partial charge in [-0.1, -0.05) is 32.1 Å². The van der Waals surface area contributed by atoms with Crippen LogP contribution in [0.25, 0.3) is 0 Å². The summed E-state index contributed by atoms with van der Waals surface area (Å²) >= 11 is 0. The molecular weight excluding hydrogens is 314 g/mol. The van der Waals surface area contributed by atoms with Gasteiger partial charge in [-0.15, -0.1) is 0 Å². The monoisotopic (exact) mass is 341 g/mol. The van der Waals surface area contributed by atoms with Crippen LogP contribution in [0.2, 0.25) is 0 Å². The first-order valence-electron chi connectivity index (χ1n) is 9.57. The third-order valence-corrected chi connectivity index (χ3v) is 6.05. The number of benzene rings is 1. The second kappa shape index (κ2) is 6.74. The third-order valence-electron chi connectivity index (χ3n) is 6.05. The Kier molecular flexibility index (Phi) is 4.45. The van der Waals surface area contributed by atoms with Crippen molar-refractivity contribution in [1.29, 1.82) is 0 Å². The molecule has 4 heteroatoms. The Morgan fingerprint density at radius 2 is 1.96 bits per heavy atom. The Morgan fingerprint density at radius 1 is 1.16 bits per heavy atom. The van der Waals surface area contributed by atoms with Gasteiger partial charge >= 0.3 is 0 Å². The lowest BCUT2D eigenvalue weighted by Crippen LogP contribution is -2.43. The maximum atomic E-state index is 13.4. The van der Waals surface area contributed by atoms with E-state index in [0.717, 1.165) is 42.7 Å². The lowest BCUT2D eigenvalue weighted by Gasteiger charge is -2.34. The van der Waals surface area contributed by atoms with Crippen molar-refractivity contribution in [3.05, 3.63) is 35.9 Å². The molecule has 1 saturated carbocycles. The van der Waals surface area contributed by atoms with E-state index in [4.69, 9.17) is 9.47 Å². The van der Waals surface area contributed by atoms with E-state index in [1.54, 1.807) is 0 Å². The molecule has 3 atom stereocenters. The Hall–Kier alpha value is -1.97. The number of carbonyl (C=O) groups excluding carboxylic acids is 1. The van der Waals surface area contributed by atoms with Crippen molar-refractivity contribution in [2.75, 3.05) is 6.79 Å². The highest BCUT2D eigenvalue weighted by atomic mass is 16.7. The van der Waals surface area contributed by atoms with Crippen LogP contribution in [0, 0.1) is 17.8 Å². The molecule has 0 radical (unpaired) electrons. The minimum atomic E-state index is 0.171. The van der Waals surface area contributed by atoms with Crippen LogP contribution in [0.15, 0.2) is 30.4 Å². The molecule has 1 aromatic rings. The average Bonchev–Trinajstić information content (AvgIpc) is 3.37. The van der Waals surface area contributed by atoms with Gasteiger partial charge in [-0.2, -0.15) is 0 Å². The lowest BCUT2D eigenvalue weighted by atomic mass is 9.91. The number of hydrogen-bond donors (Lipinski definition) is 0. The molecule has 3 aliphatic rings. The van der Waals surface area contributed by atoms with Crippen molar-refractivity contribution >= 4 is 5.91 Å². The Bertz CT molecular complexity index is 680. The van der Waals surface area contributed by atoms with Crippen molar-refractivity contribution in [3.63, 3.8) is 0 Å². The van der Waals surface area contributed by atoms with Crippen LogP contribution in [0.5, 0.6) is 11.5 Å². The third kappa shape index (κ3) is 3.03. The Morgan fingerprint density at radius 3 is 2.64 bits per heavy atom. The van der Waals surface area contributed by atoms with Crippen LogP contribution in [0.1, 0.15) is 45.1 Å². The zero-order chi connectivity index (χ0) is 17.4. The van der Waals surface area contributed by atoms with Gasteiger partial charge in [0.05, 0.1) is 0 Å². The van der Waals surface area contributed by atoms with Crippen LogP contribution in [0.4, 0.5) is 0 Å². The van der Waals surface area contributed by atoms with Crippen LogP contribution in [-0.2, 0) is 11.3 Å². The molecule has 1 aliphatic heterocycles. The van der Waals surface area contributed by atoms with Gasteiger partial charge in [-0.3, -0.25) is 4.79 Å². The van der Waals surface area contributed by atoms with Gasteiger partial charge in [-0.05, 0) is 55.2 Å². The van der Waals surface area contributed by atoms with Gasteiger partial charge in [0, 0.05) is 18.5 Å². The number of hydrogen-bond acceptors (Lipinski definition) is 3. The van der Waals surface area contributed by atoms with Crippen molar-refractivity contribution in [2.45, 2.75) is 52.1 Å². The molecule has 134 valence electrons. The smallest absolute Gasteiger partial charge is 0.231 e. The lowest BCUT2D eigenvalue weighted by molar-refractivity contribution is -0.139. The van der Waals surface area contributed by atoms with Crippen LogP contribution in [-0.4, -0.2) is 23.6 Å². The summed E-state index contributed by atoms with van der Waals surface area (Å²) in [4.78, 5) is 15.5. The van der Waals surface area contributed by atoms with Crippen molar-refractivity contribution in [2.24, 2.45) is 17.8 Å². The van der Waals surface area contributed by atoms with Gasteiger partial charge in [0.25, 0.3) is 0 Å². The molecule has 1 amide bonds. The summed E-state index contributed by atoms with van der Waals surface area (Å²) in [7, 11) is 0. The first kappa shape index (κ1) is 16.5. The summed E-state index contributed by atoms with van der Waals surface area (Å²) < 4.78 is 10.9. The molecule has 1 fully saturated rings. The van der Waals surface area contributed by atoms with Crippen molar-refractivity contribution in [1.82, 2.24) is 4.90 Å². The van der Waals surface area contributed by atoms with E-state index in [1.165, 1.54) is 0 Å². The number of nitrogens with zero attached hydrogens (tertiary/aromatic N) is 1. The number of allylic oxidation sites excluding steroid dienone is 2. The molecule has 2 aliphatic carbocycles. The number of amides is 1. The fraction of sp³-hybridized carbons (Fsp3) is 0.571. The maximum absolute atomic E-state index is 13.4. The van der Waals surface area contributed by atoms with Crippen LogP contribution >= 0.6 is 0 Å². The van der Waals surface area contributed by atoms with E-state index >= 15 is 0 Å². The number of rotatable bonds is 6. The average molecular weight is 341 g/mol. The van der Waals surface area contributed by atoms with Gasteiger partial charge in [0.2, 0.25) is 12.7 Å². The van der Waals surface area contributed by atoms with Gasteiger partial charge in [-0.25, -0.2) is 0 Å². The fourth-order valence-electron chi connectivity index (χ4n) is 4.63. The second-order valence-electron chi connectivity index (χ2n) is 7.51. The molecule has 2 bridgehead atoms. The van der Waals surface area contributed by atoms with Crippen molar-refractivity contribution < 1.29 is 14.3 Å². The topological polar surface area (TPSA) is 38.8 Å². The van der Waals surface area contributed by atoms with E-state index in [0.29, 0.717) is 30.3 Å². The van der Waals surface area contributed by atoms with Gasteiger partial charge in [0.1, 0.15) is 0 Å². The number of fused-ring (bicyclic) bond motifs is 3. The highest BCUT2D eigenvalue weighted by Crippen LogP contribution is 2.44. The molecule has 0 unspecified atom stereocenters. The predicted molar refractivity (Wildman–Crippen MR) is 96.3 cm³/mol. The largest absolute Gasteiger partial charge is 0.454 e. The SMILES string of the molecule is CCC(CC)N(Cc1ccc2c(c1)OCO2)C(=O)[C@@H]1C[C@@H]2C=C[C@H]1C2. The first-order valence-corrected chi connectivity index (χ1v) is 9.57. The molecule has 4 rings (SSSR count). The molecule has 25 heavy (non-hydrogen) atoms. The van der Waals surface area contributed by atoms with Crippen LogP contribution in [0.3, 0.4) is 0 Å². The van der Waals surface area contributed by atoms with Crippen LogP contribution < -0.4 is 9.47 Å². The van der Waals surface area contributed by atoms with E-state index < -0.39 is 0 Å². The number of ether oxygens (including phenoxy) is 2. The minimum absolute atomic E-state index is 0.171. The van der Waals surface area contributed by atoms with Gasteiger partial charge < -0.3 is 14.4 Å². The van der Waals surface area contributed by atoms with E-state index in [9.17, 15) is 4.79 Å². The normalized spacial score (nSPS) is 25.8. The second-order valence-corrected chi connectivity index (χ2v) is 7.51. The molecule has 0 N–H and O–H groups in total. The molecule has 0 saturated heterocycles. The summed E-state index contributed by atoms with van der Waals surface area (Å²) in [5, 5.41) is 0. The standard InChI is InChI=1S/C21H27NO3/c1-3-17(4-2)22(21(23)18-10-14-5-7-16(18)9-14)12-15-6-8-19-20(11-15)25-13-24-19/h5-8,11,14,16-18H,3-4,9-10,12-13H2,1-2H3/t14-,16+,18-/m1/s1. The highest BCUT2D eigenvalue weighted by molar-refractivity contribution is 5.80. The molecule has 4 nitrogen and oxygen atoms in total. The minimum Gasteiger partial charge on any atom is -0.454 e. The van der Waals surface area contributed by atoms with E-state index in [2.05, 4.69) is 37.0 Å². The summed E-state index contributed by atoms with van der Waals surface area (Å²) in [5.74, 6) is 3.16.